The molecule has 1 aromatic rings. The van der Waals surface area contributed by atoms with Crippen molar-refractivity contribution in [2.45, 2.75) is 23.4 Å². The van der Waals surface area contributed by atoms with Crippen molar-refractivity contribution in [3.8, 4) is 0 Å². The van der Waals surface area contributed by atoms with Crippen LogP contribution in [0, 0.1) is 0 Å². The topological polar surface area (TPSA) is 12.0 Å². The number of hydrogen-bond acceptors (Lipinski definition) is 2. The first-order valence-electron chi connectivity index (χ1n) is 5.36. The van der Waals surface area contributed by atoms with E-state index in [1.165, 1.54) is 0 Å². The lowest BCUT2D eigenvalue weighted by Gasteiger charge is -2.29. The summed E-state index contributed by atoms with van der Waals surface area (Å²) in [7, 11) is 0. The number of thioether (sulfide) groups is 1. The van der Waals surface area contributed by atoms with Crippen LogP contribution in [0.1, 0.15) is 12.8 Å². The summed E-state index contributed by atoms with van der Waals surface area (Å²) in [6.45, 7) is 1.47. The zero-order valence-electron chi connectivity index (χ0n) is 8.71. The molecule has 1 unspecified atom stereocenters. The number of alkyl halides is 1. The van der Waals surface area contributed by atoms with Crippen molar-refractivity contribution in [1.82, 2.24) is 5.32 Å². The summed E-state index contributed by atoms with van der Waals surface area (Å²) in [5.41, 5.74) is -1.02. The number of hydrogen-bond donors (Lipinski definition) is 1. The molecule has 1 aromatic carbocycles. The van der Waals surface area contributed by atoms with E-state index in [0.29, 0.717) is 18.7 Å². The normalized spacial score (nSPS) is 26.5. The van der Waals surface area contributed by atoms with Crippen LogP contribution in [0.3, 0.4) is 0 Å². The van der Waals surface area contributed by atoms with Crippen LogP contribution >= 0.6 is 11.8 Å². The molecule has 0 radical (unpaired) electrons. The number of nitrogens with one attached hydrogen (secondary N) is 1. The standard InChI is InChI=1S/C12H16FNS/c13-12(7-4-8-14-9-12)10-15-11-5-2-1-3-6-11/h1-3,5-6,14H,4,7-10H2. The predicted molar refractivity (Wildman–Crippen MR) is 63.1 cm³/mol. The smallest absolute Gasteiger partial charge is 0.132 e. The fraction of sp³-hybridized carbons (Fsp3) is 0.500. The minimum atomic E-state index is -1.02. The summed E-state index contributed by atoms with van der Waals surface area (Å²) in [4.78, 5) is 1.15. The van der Waals surface area contributed by atoms with E-state index in [9.17, 15) is 4.39 Å². The molecular formula is C12H16FNS. The summed E-state index contributed by atoms with van der Waals surface area (Å²) in [5, 5.41) is 3.12. The highest BCUT2D eigenvalue weighted by Gasteiger charge is 2.31. The molecule has 0 bridgehead atoms. The zero-order chi connectivity index (χ0) is 10.6. The van der Waals surface area contributed by atoms with Crippen LogP contribution in [0.15, 0.2) is 35.2 Å². The number of piperidine rings is 1. The molecule has 1 aliphatic heterocycles. The Hall–Kier alpha value is -0.540. The number of benzene rings is 1. The van der Waals surface area contributed by atoms with Gasteiger partial charge in [-0.05, 0) is 31.5 Å². The first-order chi connectivity index (χ1) is 7.29. The molecule has 0 aliphatic carbocycles. The largest absolute Gasteiger partial charge is 0.314 e. The molecule has 82 valence electrons. The second kappa shape index (κ2) is 4.99. The summed E-state index contributed by atoms with van der Waals surface area (Å²) >= 11 is 1.61. The Morgan fingerprint density at radius 1 is 1.33 bits per heavy atom. The van der Waals surface area contributed by atoms with Gasteiger partial charge in [0.1, 0.15) is 5.67 Å². The highest BCUT2D eigenvalue weighted by molar-refractivity contribution is 7.99. The molecule has 3 heteroatoms. The number of rotatable bonds is 3. The van der Waals surface area contributed by atoms with Gasteiger partial charge >= 0.3 is 0 Å². The van der Waals surface area contributed by atoms with Gasteiger partial charge in [0, 0.05) is 17.2 Å². The third-order valence-corrected chi connectivity index (χ3v) is 3.93. The van der Waals surface area contributed by atoms with Gasteiger partial charge in [-0.15, -0.1) is 11.8 Å². The van der Waals surface area contributed by atoms with Crippen molar-refractivity contribution >= 4 is 11.8 Å². The van der Waals surface area contributed by atoms with Crippen molar-refractivity contribution in [2.75, 3.05) is 18.8 Å². The van der Waals surface area contributed by atoms with Gasteiger partial charge in [-0.25, -0.2) is 4.39 Å². The molecule has 15 heavy (non-hydrogen) atoms. The van der Waals surface area contributed by atoms with E-state index >= 15 is 0 Å². The predicted octanol–water partition coefficient (Wildman–Crippen LogP) is 2.87. The Bertz CT molecular complexity index is 296. The van der Waals surface area contributed by atoms with Gasteiger partial charge in [0.2, 0.25) is 0 Å². The lowest BCUT2D eigenvalue weighted by molar-refractivity contribution is 0.151. The Morgan fingerprint density at radius 2 is 2.13 bits per heavy atom. The van der Waals surface area contributed by atoms with Crippen molar-refractivity contribution < 1.29 is 4.39 Å². The van der Waals surface area contributed by atoms with Crippen LogP contribution in [-0.4, -0.2) is 24.5 Å². The third-order valence-electron chi connectivity index (χ3n) is 2.66. The molecule has 0 amide bonds. The van der Waals surface area contributed by atoms with Crippen LogP contribution in [0.2, 0.25) is 0 Å². The molecule has 1 atom stereocenters. The molecular weight excluding hydrogens is 209 g/mol. The second-order valence-electron chi connectivity index (χ2n) is 4.03. The molecule has 1 nitrogen and oxygen atoms in total. The minimum absolute atomic E-state index is 0.507. The van der Waals surface area contributed by atoms with E-state index in [1.54, 1.807) is 11.8 Å². The quantitative estimate of drug-likeness (QED) is 0.794. The lowest BCUT2D eigenvalue weighted by Crippen LogP contribution is -2.44. The first-order valence-corrected chi connectivity index (χ1v) is 6.35. The Kier molecular flexibility index (Phi) is 3.65. The highest BCUT2D eigenvalue weighted by Crippen LogP contribution is 2.29. The minimum Gasteiger partial charge on any atom is -0.314 e. The second-order valence-corrected chi connectivity index (χ2v) is 5.08. The fourth-order valence-electron chi connectivity index (χ4n) is 1.78. The van der Waals surface area contributed by atoms with Gasteiger partial charge in [0.25, 0.3) is 0 Å². The van der Waals surface area contributed by atoms with E-state index in [4.69, 9.17) is 0 Å². The molecule has 0 saturated carbocycles. The van der Waals surface area contributed by atoms with Crippen LogP contribution in [0.25, 0.3) is 0 Å². The third kappa shape index (κ3) is 3.21. The maximum Gasteiger partial charge on any atom is 0.132 e. The molecule has 1 aliphatic rings. The molecule has 1 N–H and O–H groups in total. The monoisotopic (exact) mass is 225 g/mol. The average Bonchev–Trinajstić information content (AvgIpc) is 2.29. The SMILES string of the molecule is FC1(CSc2ccccc2)CCCNC1. The molecule has 1 saturated heterocycles. The van der Waals surface area contributed by atoms with Gasteiger partial charge in [-0.3, -0.25) is 0 Å². The lowest BCUT2D eigenvalue weighted by atomic mass is 9.99. The molecule has 2 rings (SSSR count). The van der Waals surface area contributed by atoms with E-state index in [-0.39, 0.29) is 0 Å². The summed E-state index contributed by atoms with van der Waals surface area (Å²) < 4.78 is 14.2. The Balaban J connectivity index is 1.87. The van der Waals surface area contributed by atoms with Crippen molar-refractivity contribution in [1.29, 1.82) is 0 Å². The molecule has 1 fully saturated rings. The summed E-state index contributed by atoms with van der Waals surface area (Å²) in [6, 6.07) is 10.0. The first kappa shape index (κ1) is 11.0. The van der Waals surface area contributed by atoms with Crippen molar-refractivity contribution in [3.05, 3.63) is 30.3 Å². The van der Waals surface area contributed by atoms with E-state index in [1.807, 2.05) is 30.3 Å². The van der Waals surface area contributed by atoms with Crippen LogP contribution in [0.4, 0.5) is 4.39 Å². The van der Waals surface area contributed by atoms with E-state index < -0.39 is 5.67 Å². The molecule has 1 heterocycles. The van der Waals surface area contributed by atoms with Crippen LogP contribution in [0.5, 0.6) is 0 Å². The van der Waals surface area contributed by atoms with Gasteiger partial charge in [0.05, 0.1) is 0 Å². The molecule has 0 spiro atoms. The van der Waals surface area contributed by atoms with Crippen LogP contribution < -0.4 is 5.32 Å². The van der Waals surface area contributed by atoms with Crippen molar-refractivity contribution in [3.63, 3.8) is 0 Å². The Labute approximate surface area is 94.5 Å². The highest BCUT2D eigenvalue weighted by atomic mass is 32.2. The van der Waals surface area contributed by atoms with Gasteiger partial charge in [0.15, 0.2) is 0 Å². The fourth-order valence-corrected chi connectivity index (χ4v) is 2.80. The van der Waals surface area contributed by atoms with Gasteiger partial charge in [-0.2, -0.15) is 0 Å². The Morgan fingerprint density at radius 3 is 2.80 bits per heavy atom. The van der Waals surface area contributed by atoms with Gasteiger partial charge in [-0.1, -0.05) is 18.2 Å². The van der Waals surface area contributed by atoms with Gasteiger partial charge < -0.3 is 5.32 Å². The van der Waals surface area contributed by atoms with E-state index in [0.717, 1.165) is 17.9 Å². The van der Waals surface area contributed by atoms with Crippen LogP contribution in [-0.2, 0) is 0 Å². The average molecular weight is 225 g/mol. The maximum atomic E-state index is 14.2. The van der Waals surface area contributed by atoms with E-state index in [2.05, 4.69) is 5.32 Å². The van der Waals surface area contributed by atoms with Crippen molar-refractivity contribution in [2.24, 2.45) is 0 Å². The summed E-state index contributed by atoms with van der Waals surface area (Å²) in [5.74, 6) is 0.560. The maximum absolute atomic E-state index is 14.2. The zero-order valence-corrected chi connectivity index (χ0v) is 9.52. The molecule has 0 aromatic heterocycles. The number of halogens is 1. The summed E-state index contributed by atoms with van der Waals surface area (Å²) in [6.07, 6.45) is 1.64.